The van der Waals surface area contributed by atoms with E-state index in [1.54, 1.807) is 0 Å². The molecule has 1 aromatic carbocycles. The molecule has 0 fully saturated rings. The van der Waals surface area contributed by atoms with Crippen molar-refractivity contribution in [3.63, 3.8) is 0 Å². The number of hydrogen-bond acceptors (Lipinski definition) is 3. The molecule has 0 unspecified atom stereocenters. The Labute approximate surface area is 122 Å². The van der Waals surface area contributed by atoms with Crippen molar-refractivity contribution in [1.82, 2.24) is 4.98 Å². The molecule has 0 spiro atoms. The van der Waals surface area contributed by atoms with Crippen LogP contribution < -0.4 is 4.74 Å². The summed E-state index contributed by atoms with van der Waals surface area (Å²) < 4.78 is 5.42. The highest BCUT2D eigenvalue weighted by atomic mass is 35.5. The van der Waals surface area contributed by atoms with E-state index >= 15 is 0 Å². The van der Waals surface area contributed by atoms with Crippen LogP contribution in [0.4, 0.5) is 0 Å². The molecule has 0 saturated carbocycles. The minimum Gasteiger partial charge on any atom is -0.477 e. The molecule has 20 heavy (non-hydrogen) atoms. The molecular weight excluding hydrogens is 278 g/mol. The van der Waals surface area contributed by atoms with Gasteiger partial charge in [-0.2, -0.15) is 0 Å². The summed E-state index contributed by atoms with van der Waals surface area (Å²) in [4.78, 5) is 14.9. The smallest absolute Gasteiger partial charge is 0.341 e. The van der Waals surface area contributed by atoms with E-state index < -0.39 is 5.97 Å². The van der Waals surface area contributed by atoms with Crippen molar-refractivity contribution in [2.45, 2.75) is 12.8 Å². The van der Waals surface area contributed by atoms with Crippen LogP contribution >= 0.6 is 11.6 Å². The molecule has 4 nitrogen and oxygen atoms in total. The fourth-order valence-corrected chi connectivity index (χ4v) is 1.92. The van der Waals surface area contributed by atoms with Gasteiger partial charge in [-0.15, -0.1) is 0 Å². The zero-order chi connectivity index (χ0) is 14.4. The first-order valence-corrected chi connectivity index (χ1v) is 6.61. The molecule has 0 bridgehead atoms. The molecule has 0 amide bonds. The van der Waals surface area contributed by atoms with Crippen molar-refractivity contribution in [3.8, 4) is 5.88 Å². The van der Waals surface area contributed by atoms with Crippen molar-refractivity contribution in [2.75, 3.05) is 6.61 Å². The number of aromatic nitrogens is 1. The molecule has 0 saturated heterocycles. The Morgan fingerprint density at radius 2 is 1.95 bits per heavy atom. The lowest BCUT2D eigenvalue weighted by molar-refractivity contribution is 0.0691. The number of halogens is 1. The number of carboxylic acid groups (broad SMARTS) is 1. The second-order valence-electron chi connectivity index (χ2n) is 4.23. The van der Waals surface area contributed by atoms with Crippen LogP contribution in [0.25, 0.3) is 0 Å². The van der Waals surface area contributed by atoms with Gasteiger partial charge in [0.05, 0.1) is 6.61 Å². The number of carboxylic acids is 1. The second kappa shape index (κ2) is 6.91. The summed E-state index contributed by atoms with van der Waals surface area (Å²) in [5.41, 5.74) is 1.24. The molecule has 0 aliphatic heterocycles. The van der Waals surface area contributed by atoms with Crippen LogP contribution in [0.3, 0.4) is 0 Å². The van der Waals surface area contributed by atoms with Gasteiger partial charge < -0.3 is 9.84 Å². The van der Waals surface area contributed by atoms with E-state index in [2.05, 4.69) is 4.98 Å². The summed E-state index contributed by atoms with van der Waals surface area (Å²) in [5, 5.41) is 9.24. The van der Waals surface area contributed by atoms with Gasteiger partial charge in [0, 0.05) is 0 Å². The minimum absolute atomic E-state index is 0.0223. The summed E-state index contributed by atoms with van der Waals surface area (Å²) in [6.45, 7) is 0.391. The molecule has 2 aromatic rings. The number of pyridine rings is 1. The molecule has 0 radical (unpaired) electrons. The van der Waals surface area contributed by atoms with E-state index in [1.165, 1.54) is 17.7 Å². The monoisotopic (exact) mass is 291 g/mol. The van der Waals surface area contributed by atoms with Crippen molar-refractivity contribution in [3.05, 3.63) is 58.7 Å². The van der Waals surface area contributed by atoms with E-state index in [1.807, 2.05) is 30.3 Å². The highest BCUT2D eigenvalue weighted by Crippen LogP contribution is 2.19. The molecular formula is C15H14ClNO3. The normalized spacial score (nSPS) is 10.2. The van der Waals surface area contributed by atoms with Crippen molar-refractivity contribution in [1.29, 1.82) is 0 Å². The Bertz CT molecular complexity index is 587. The number of benzene rings is 1. The Morgan fingerprint density at radius 1 is 1.20 bits per heavy atom. The van der Waals surface area contributed by atoms with E-state index in [-0.39, 0.29) is 16.6 Å². The van der Waals surface area contributed by atoms with Gasteiger partial charge in [-0.05, 0) is 30.5 Å². The first kappa shape index (κ1) is 14.3. The maximum atomic E-state index is 11.0. The van der Waals surface area contributed by atoms with E-state index in [4.69, 9.17) is 21.4 Å². The number of hydrogen-bond donors (Lipinski definition) is 1. The minimum atomic E-state index is -1.08. The van der Waals surface area contributed by atoms with E-state index in [9.17, 15) is 4.79 Å². The summed E-state index contributed by atoms with van der Waals surface area (Å²) in [6, 6.07) is 12.8. The summed E-state index contributed by atoms with van der Waals surface area (Å²) in [6.07, 6.45) is 1.64. The highest BCUT2D eigenvalue weighted by molar-refractivity contribution is 6.29. The fraction of sp³-hybridized carbons (Fsp3) is 0.200. The predicted octanol–water partition coefficient (Wildman–Crippen LogP) is 3.44. The largest absolute Gasteiger partial charge is 0.477 e. The molecule has 5 heteroatoms. The van der Waals surface area contributed by atoms with Crippen molar-refractivity contribution < 1.29 is 14.6 Å². The zero-order valence-electron chi connectivity index (χ0n) is 10.8. The quantitative estimate of drug-likeness (QED) is 0.654. The Hall–Kier alpha value is -2.07. The molecule has 0 aliphatic rings. The Kier molecular flexibility index (Phi) is 4.96. The zero-order valence-corrected chi connectivity index (χ0v) is 11.5. The van der Waals surface area contributed by atoms with Crippen LogP contribution in [0, 0.1) is 0 Å². The molecule has 1 N–H and O–H groups in total. The number of aryl methyl sites for hydroxylation is 1. The highest BCUT2D eigenvalue weighted by Gasteiger charge is 2.13. The molecule has 1 heterocycles. The number of ether oxygens (including phenoxy) is 1. The Morgan fingerprint density at radius 3 is 2.65 bits per heavy atom. The molecule has 104 valence electrons. The summed E-state index contributed by atoms with van der Waals surface area (Å²) >= 11 is 5.75. The van der Waals surface area contributed by atoms with Crippen LogP contribution in [-0.2, 0) is 6.42 Å². The van der Waals surface area contributed by atoms with E-state index in [0.29, 0.717) is 6.61 Å². The third kappa shape index (κ3) is 3.96. The predicted molar refractivity (Wildman–Crippen MR) is 76.5 cm³/mol. The molecule has 1 aromatic heterocycles. The van der Waals surface area contributed by atoms with Gasteiger partial charge in [0.2, 0.25) is 5.88 Å². The number of rotatable bonds is 6. The van der Waals surface area contributed by atoms with Crippen molar-refractivity contribution >= 4 is 17.6 Å². The lowest BCUT2D eigenvalue weighted by Crippen LogP contribution is -2.07. The SMILES string of the molecule is O=C(O)c1ccc(Cl)nc1OCCCc1ccccc1. The average Bonchev–Trinajstić information content (AvgIpc) is 2.44. The maximum Gasteiger partial charge on any atom is 0.341 e. The second-order valence-corrected chi connectivity index (χ2v) is 4.62. The lowest BCUT2D eigenvalue weighted by Gasteiger charge is -2.08. The van der Waals surface area contributed by atoms with Gasteiger partial charge in [-0.3, -0.25) is 0 Å². The van der Waals surface area contributed by atoms with Gasteiger partial charge in [-0.1, -0.05) is 41.9 Å². The summed E-state index contributed by atoms with van der Waals surface area (Å²) in [5.74, 6) is -1.01. The lowest BCUT2D eigenvalue weighted by atomic mass is 10.1. The summed E-state index contributed by atoms with van der Waals surface area (Å²) in [7, 11) is 0. The maximum absolute atomic E-state index is 11.0. The number of carbonyl (C=O) groups is 1. The average molecular weight is 292 g/mol. The van der Waals surface area contributed by atoms with Gasteiger partial charge in [0.15, 0.2) is 0 Å². The van der Waals surface area contributed by atoms with Crippen molar-refractivity contribution in [2.24, 2.45) is 0 Å². The third-order valence-electron chi connectivity index (χ3n) is 2.75. The Balaban J connectivity index is 1.91. The fourth-order valence-electron chi connectivity index (χ4n) is 1.78. The van der Waals surface area contributed by atoms with Gasteiger partial charge in [0.1, 0.15) is 10.7 Å². The van der Waals surface area contributed by atoms with Crippen LogP contribution in [0.5, 0.6) is 5.88 Å². The standard InChI is InChI=1S/C15H14ClNO3/c16-13-9-8-12(15(18)19)14(17-13)20-10-4-7-11-5-2-1-3-6-11/h1-3,5-6,8-9H,4,7,10H2,(H,18,19). The van der Waals surface area contributed by atoms with Crippen LogP contribution in [0.1, 0.15) is 22.3 Å². The number of aromatic carboxylic acids is 1. The first-order chi connectivity index (χ1) is 9.66. The topological polar surface area (TPSA) is 59.4 Å². The molecule has 0 aliphatic carbocycles. The van der Waals surface area contributed by atoms with Crippen LogP contribution in [0.15, 0.2) is 42.5 Å². The third-order valence-corrected chi connectivity index (χ3v) is 2.96. The molecule has 0 atom stereocenters. The van der Waals surface area contributed by atoms with E-state index in [0.717, 1.165) is 12.8 Å². The van der Waals surface area contributed by atoms with Crippen LogP contribution in [0.2, 0.25) is 5.15 Å². The van der Waals surface area contributed by atoms with Gasteiger partial charge >= 0.3 is 5.97 Å². The number of nitrogens with zero attached hydrogens (tertiary/aromatic N) is 1. The van der Waals surface area contributed by atoms with Gasteiger partial charge in [-0.25, -0.2) is 9.78 Å². The molecule has 2 rings (SSSR count). The van der Waals surface area contributed by atoms with Gasteiger partial charge in [0.25, 0.3) is 0 Å². The first-order valence-electron chi connectivity index (χ1n) is 6.23. The van der Waals surface area contributed by atoms with Crippen LogP contribution in [-0.4, -0.2) is 22.7 Å².